The lowest BCUT2D eigenvalue weighted by Crippen LogP contribution is -2.56. The van der Waals surface area contributed by atoms with Crippen molar-refractivity contribution in [3.05, 3.63) is 0 Å². The molecule has 88 valence electrons. The zero-order valence-corrected chi connectivity index (χ0v) is 9.26. The van der Waals surface area contributed by atoms with Crippen LogP contribution in [0.1, 0.15) is 25.7 Å². The Hall–Kier alpha value is -1.06. The number of hydrogen-bond acceptors (Lipinski definition) is 2. The van der Waals surface area contributed by atoms with Gasteiger partial charge in [-0.1, -0.05) is 0 Å². The van der Waals surface area contributed by atoms with Gasteiger partial charge in [-0.2, -0.15) is 0 Å². The summed E-state index contributed by atoms with van der Waals surface area (Å²) < 4.78 is 0. The lowest BCUT2D eigenvalue weighted by atomic mass is 9.48. The minimum Gasteiger partial charge on any atom is -0.369 e. The molecular formula is C12H18N2O2. The summed E-state index contributed by atoms with van der Waals surface area (Å²) >= 11 is 0. The maximum Gasteiger partial charge on any atom is 0.221 e. The van der Waals surface area contributed by atoms with E-state index in [2.05, 4.69) is 0 Å². The average molecular weight is 222 g/mol. The van der Waals surface area contributed by atoms with Crippen LogP contribution in [-0.4, -0.2) is 11.8 Å². The van der Waals surface area contributed by atoms with E-state index in [1.807, 2.05) is 0 Å². The summed E-state index contributed by atoms with van der Waals surface area (Å²) in [6.07, 6.45) is 3.92. The van der Waals surface area contributed by atoms with Gasteiger partial charge in [0.1, 0.15) is 0 Å². The largest absolute Gasteiger partial charge is 0.369 e. The predicted octanol–water partition coefficient (Wildman–Crippen LogP) is 0.255. The van der Waals surface area contributed by atoms with Crippen molar-refractivity contribution in [3.63, 3.8) is 0 Å². The van der Waals surface area contributed by atoms with E-state index < -0.39 is 0 Å². The van der Waals surface area contributed by atoms with Gasteiger partial charge in [-0.05, 0) is 49.4 Å². The summed E-state index contributed by atoms with van der Waals surface area (Å²) in [5.74, 6) is 1.58. The molecule has 4 fully saturated rings. The molecule has 4 rings (SSSR count). The lowest BCUT2D eigenvalue weighted by Gasteiger charge is -2.56. The van der Waals surface area contributed by atoms with E-state index >= 15 is 0 Å². The van der Waals surface area contributed by atoms with Crippen LogP contribution in [0.3, 0.4) is 0 Å². The first-order valence-electron chi connectivity index (χ1n) is 6.16. The molecule has 4 aliphatic carbocycles. The van der Waals surface area contributed by atoms with Crippen molar-refractivity contribution >= 4 is 11.8 Å². The molecule has 4 heteroatoms. The molecule has 4 nitrogen and oxygen atoms in total. The molecule has 2 amide bonds. The summed E-state index contributed by atoms with van der Waals surface area (Å²) in [5, 5.41) is 0. The Morgan fingerprint density at radius 2 is 0.938 bits per heavy atom. The third-order valence-electron chi connectivity index (χ3n) is 5.11. The van der Waals surface area contributed by atoms with Gasteiger partial charge in [-0.25, -0.2) is 0 Å². The zero-order chi connectivity index (χ0) is 11.4. The molecule has 4 saturated carbocycles. The summed E-state index contributed by atoms with van der Waals surface area (Å²) in [5.41, 5.74) is 11.0. The number of amides is 2. The summed E-state index contributed by atoms with van der Waals surface area (Å²) in [7, 11) is 0. The van der Waals surface area contributed by atoms with Crippen molar-refractivity contribution in [2.24, 2.45) is 47.0 Å². The molecule has 0 spiro atoms. The van der Waals surface area contributed by atoms with Gasteiger partial charge in [-0.3, -0.25) is 9.59 Å². The van der Waals surface area contributed by atoms with Crippen LogP contribution in [0.4, 0.5) is 0 Å². The van der Waals surface area contributed by atoms with E-state index in [1.54, 1.807) is 0 Å². The fourth-order valence-corrected chi connectivity index (χ4v) is 4.81. The van der Waals surface area contributed by atoms with Crippen molar-refractivity contribution in [1.29, 1.82) is 0 Å². The minimum absolute atomic E-state index is 0.0707. The monoisotopic (exact) mass is 222 g/mol. The van der Waals surface area contributed by atoms with Gasteiger partial charge >= 0.3 is 0 Å². The molecular weight excluding hydrogens is 204 g/mol. The first-order chi connectivity index (χ1) is 7.58. The van der Waals surface area contributed by atoms with E-state index in [9.17, 15) is 9.59 Å². The SMILES string of the molecule is NC(=O)C1C2CC3CC1CC(C2)C3C(N)=O. The molecule has 16 heavy (non-hydrogen) atoms. The molecule has 4 N–H and O–H groups in total. The zero-order valence-electron chi connectivity index (χ0n) is 9.26. The van der Waals surface area contributed by atoms with Gasteiger partial charge in [0.25, 0.3) is 0 Å². The van der Waals surface area contributed by atoms with E-state index in [-0.39, 0.29) is 23.7 Å². The molecule has 0 radical (unpaired) electrons. The molecule has 0 aromatic carbocycles. The maximum absolute atomic E-state index is 11.4. The van der Waals surface area contributed by atoms with Gasteiger partial charge in [0.15, 0.2) is 0 Å². The lowest BCUT2D eigenvalue weighted by molar-refractivity contribution is -0.148. The minimum atomic E-state index is -0.135. The molecule has 0 saturated heterocycles. The fourth-order valence-electron chi connectivity index (χ4n) is 4.81. The Labute approximate surface area is 94.7 Å². The number of carbonyl (C=O) groups excluding carboxylic acids is 2. The third kappa shape index (κ3) is 1.22. The molecule has 4 bridgehead atoms. The van der Waals surface area contributed by atoms with Crippen molar-refractivity contribution < 1.29 is 9.59 Å². The van der Waals surface area contributed by atoms with Crippen molar-refractivity contribution in [2.45, 2.75) is 25.7 Å². The van der Waals surface area contributed by atoms with Crippen LogP contribution in [0.5, 0.6) is 0 Å². The van der Waals surface area contributed by atoms with Gasteiger partial charge in [0, 0.05) is 11.8 Å². The highest BCUT2D eigenvalue weighted by atomic mass is 16.1. The summed E-state index contributed by atoms with van der Waals surface area (Å²) in [6.45, 7) is 0. The second kappa shape index (κ2) is 3.22. The number of carbonyl (C=O) groups is 2. The van der Waals surface area contributed by atoms with Gasteiger partial charge in [0.05, 0.1) is 0 Å². The highest BCUT2D eigenvalue weighted by Crippen LogP contribution is 2.58. The quantitative estimate of drug-likeness (QED) is 0.702. The highest BCUT2D eigenvalue weighted by Gasteiger charge is 2.55. The Bertz CT molecular complexity index is 293. The van der Waals surface area contributed by atoms with Crippen LogP contribution < -0.4 is 11.5 Å². The normalized spacial score (nSPS) is 49.2. The van der Waals surface area contributed by atoms with Gasteiger partial charge < -0.3 is 11.5 Å². The second-order valence-electron chi connectivity index (χ2n) is 5.84. The van der Waals surface area contributed by atoms with Gasteiger partial charge in [-0.15, -0.1) is 0 Å². The number of rotatable bonds is 2. The fraction of sp³-hybridized carbons (Fsp3) is 0.833. The summed E-state index contributed by atoms with van der Waals surface area (Å²) in [6, 6.07) is 0. The molecule has 0 unspecified atom stereocenters. The van der Waals surface area contributed by atoms with Crippen LogP contribution in [0, 0.1) is 35.5 Å². The molecule has 0 heterocycles. The van der Waals surface area contributed by atoms with Crippen LogP contribution in [-0.2, 0) is 9.59 Å². The predicted molar refractivity (Wildman–Crippen MR) is 57.8 cm³/mol. The molecule has 4 aliphatic rings. The van der Waals surface area contributed by atoms with Crippen LogP contribution in [0.2, 0.25) is 0 Å². The van der Waals surface area contributed by atoms with Crippen LogP contribution in [0.15, 0.2) is 0 Å². The van der Waals surface area contributed by atoms with Crippen molar-refractivity contribution in [3.8, 4) is 0 Å². The van der Waals surface area contributed by atoms with Crippen LogP contribution in [0.25, 0.3) is 0 Å². The first kappa shape index (κ1) is 10.1. The first-order valence-corrected chi connectivity index (χ1v) is 6.16. The highest BCUT2D eigenvalue weighted by molar-refractivity contribution is 5.80. The Morgan fingerprint density at radius 1 is 0.688 bits per heavy atom. The van der Waals surface area contributed by atoms with Gasteiger partial charge in [0.2, 0.25) is 11.8 Å². The molecule has 0 aromatic heterocycles. The van der Waals surface area contributed by atoms with E-state index in [4.69, 9.17) is 11.5 Å². The molecule has 0 aliphatic heterocycles. The van der Waals surface area contributed by atoms with Crippen LogP contribution >= 0.6 is 0 Å². The summed E-state index contributed by atoms with van der Waals surface area (Å²) in [4.78, 5) is 22.9. The topological polar surface area (TPSA) is 86.2 Å². The Balaban J connectivity index is 1.87. The van der Waals surface area contributed by atoms with E-state index in [0.717, 1.165) is 25.7 Å². The third-order valence-corrected chi connectivity index (χ3v) is 5.11. The smallest absolute Gasteiger partial charge is 0.221 e. The molecule has 0 aromatic rings. The standard InChI is InChI=1S/C12H18N2O2/c13-11(15)9-5-1-6-3-8(9)4-7(2-5)10(6)12(14)16/h5-10H,1-4H2,(H2,13,15)(H2,14,16). The maximum atomic E-state index is 11.4. The molecule has 0 atom stereocenters. The number of nitrogens with two attached hydrogens (primary N) is 2. The second-order valence-corrected chi connectivity index (χ2v) is 5.84. The number of hydrogen-bond donors (Lipinski definition) is 2. The Kier molecular flexibility index (Phi) is 2.03. The Morgan fingerprint density at radius 3 is 1.12 bits per heavy atom. The van der Waals surface area contributed by atoms with E-state index in [0.29, 0.717) is 23.7 Å². The number of primary amides is 2. The van der Waals surface area contributed by atoms with Crippen molar-refractivity contribution in [2.75, 3.05) is 0 Å². The van der Waals surface area contributed by atoms with Crippen molar-refractivity contribution in [1.82, 2.24) is 0 Å². The van der Waals surface area contributed by atoms with E-state index in [1.165, 1.54) is 0 Å². The average Bonchev–Trinajstić information content (AvgIpc) is 2.14.